The van der Waals surface area contributed by atoms with Crippen molar-refractivity contribution in [2.45, 2.75) is 26.7 Å². The molecule has 0 atom stereocenters. The molecule has 0 saturated carbocycles. The Morgan fingerprint density at radius 3 is 1.57 bits per heavy atom. The zero-order valence-electron chi connectivity index (χ0n) is 8.80. The van der Waals surface area contributed by atoms with Crippen LogP contribution in [0.5, 0.6) is 0 Å². The summed E-state index contributed by atoms with van der Waals surface area (Å²) in [6.07, 6.45) is 4.28. The topological polar surface area (TPSA) is 58.2 Å². The molecule has 4 nitrogen and oxygen atoms in total. The number of hydrogen-bond donors (Lipinski definition) is 2. The van der Waals surface area contributed by atoms with E-state index in [0.29, 0.717) is 13.1 Å². The lowest BCUT2D eigenvalue weighted by atomic mass is 10.4. The Morgan fingerprint density at radius 2 is 1.29 bits per heavy atom. The third-order valence-electron chi connectivity index (χ3n) is 1.48. The minimum absolute atomic E-state index is 0.224. The number of rotatable bonds is 6. The first-order valence-corrected chi connectivity index (χ1v) is 4.94. The predicted octanol–water partition coefficient (Wildman–Crippen LogP) is 0.595. The molecule has 0 unspecified atom stereocenters. The standard InChI is InChI=1S/C10H18N2O2/c1-3-7-11-9(13)5-6-10(14)12-8-4-2/h5-6H,3-4,7-8H2,1-2H3,(H,11,13)(H,12,14)/b6-5+. The normalized spacial score (nSPS) is 10.1. The monoisotopic (exact) mass is 198 g/mol. The van der Waals surface area contributed by atoms with Gasteiger partial charge in [-0.1, -0.05) is 13.8 Å². The summed E-state index contributed by atoms with van der Waals surface area (Å²) in [7, 11) is 0. The first kappa shape index (κ1) is 12.7. The fourth-order valence-electron chi connectivity index (χ4n) is 0.766. The van der Waals surface area contributed by atoms with Crippen molar-refractivity contribution in [1.82, 2.24) is 10.6 Å². The second-order valence-corrected chi connectivity index (χ2v) is 2.92. The summed E-state index contributed by atoms with van der Waals surface area (Å²) in [4.78, 5) is 22.0. The number of carbonyl (C=O) groups excluding carboxylic acids is 2. The van der Waals surface area contributed by atoms with Crippen molar-refractivity contribution in [2.24, 2.45) is 0 Å². The Hall–Kier alpha value is -1.32. The highest BCUT2D eigenvalue weighted by molar-refractivity contribution is 5.96. The molecule has 0 rings (SSSR count). The van der Waals surface area contributed by atoms with E-state index in [1.165, 1.54) is 12.2 Å². The Labute approximate surface area is 84.8 Å². The van der Waals surface area contributed by atoms with Crippen LogP contribution in [0.15, 0.2) is 12.2 Å². The zero-order chi connectivity index (χ0) is 10.8. The van der Waals surface area contributed by atoms with E-state index in [2.05, 4.69) is 10.6 Å². The van der Waals surface area contributed by atoms with Gasteiger partial charge in [-0.3, -0.25) is 9.59 Å². The van der Waals surface area contributed by atoms with E-state index in [4.69, 9.17) is 0 Å². The molecule has 80 valence electrons. The van der Waals surface area contributed by atoms with Gasteiger partial charge in [0.1, 0.15) is 0 Å². The lowest BCUT2D eigenvalue weighted by Crippen LogP contribution is -2.24. The molecule has 2 N–H and O–H groups in total. The summed E-state index contributed by atoms with van der Waals surface area (Å²) in [5.41, 5.74) is 0. The van der Waals surface area contributed by atoms with Gasteiger partial charge < -0.3 is 10.6 Å². The lowest BCUT2D eigenvalue weighted by molar-refractivity contribution is -0.118. The molecule has 0 saturated heterocycles. The third kappa shape index (κ3) is 7.34. The molecule has 14 heavy (non-hydrogen) atoms. The van der Waals surface area contributed by atoms with Crippen molar-refractivity contribution in [3.63, 3.8) is 0 Å². The molecular formula is C10H18N2O2. The number of amides is 2. The van der Waals surface area contributed by atoms with Crippen molar-refractivity contribution < 1.29 is 9.59 Å². The van der Waals surface area contributed by atoms with Gasteiger partial charge in [-0.15, -0.1) is 0 Å². The number of nitrogens with one attached hydrogen (secondary N) is 2. The molecule has 0 aromatic rings. The van der Waals surface area contributed by atoms with E-state index in [1.807, 2.05) is 13.8 Å². The van der Waals surface area contributed by atoms with Crippen LogP contribution >= 0.6 is 0 Å². The fraction of sp³-hybridized carbons (Fsp3) is 0.600. The number of carbonyl (C=O) groups is 2. The highest BCUT2D eigenvalue weighted by atomic mass is 16.2. The average Bonchev–Trinajstić information content (AvgIpc) is 2.20. The zero-order valence-corrected chi connectivity index (χ0v) is 8.80. The van der Waals surface area contributed by atoms with Crippen LogP contribution < -0.4 is 10.6 Å². The minimum Gasteiger partial charge on any atom is -0.353 e. The van der Waals surface area contributed by atoms with Gasteiger partial charge in [0.2, 0.25) is 11.8 Å². The summed E-state index contributed by atoms with van der Waals surface area (Å²) >= 11 is 0. The molecule has 0 radical (unpaired) electrons. The van der Waals surface area contributed by atoms with Crippen LogP contribution in [-0.4, -0.2) is 24.9 Å². The first-order valence-electron chi connectivity index (χ1n) is 4.94. The van der Waals surface area contributed by atoms with Gasteiger partial charge >= 0.3 is 0 Å². The van der Waals surface area contributed by atoms with Crippen LogP contribution in [-0.2, 0) is 9.59 Å². The van der Waals surface area contributed by atoms with Crippen LogP contribution in [0.4, 0.5) is 0 Å². The SMILES string of the molecule is CCCNC(=O)/C=C/C(=O)NCCC. The molecule has 2 amide bonds. The van der Waals surface area contributed by atoms with Crippen molar-refractivity contribution in [3.05, 3.63) is 12.2 Å². The van der Waals surface area contributed by atoms with Gasteiger partial charge in [-0.05, 0) is 12.8 Å². The molecule has 0 bridgehead atoms. The largest absolute Gasteiger partial charge is 0.353 e. The lowest BCUT2D eigenvalue weighted by Gasteiger charge is -1.98. The van der Waals surface area contributed by atoms with Gasteiger partial charge in [0.25, 0.3) is 0 Å². The smallest absolute Gasteiger partial charge is 0.244 e. The van der Waals surface area contributed by atoms with Crippen molar-refractivity contribution in [3.8, 4) is 0 Å². The van der Waals surface area contributed by atoms with Crippen molar-refractivity contribution in [1.29, 1.82) is 0 Å². The Bertz CT molecular complexity index is 190. The van der Waals surface area contributed by atoms with E-state index in [1.54, 1.807) is 0 Å². The quantitative estimate of drug-likeness (QED) is 0.614. The maximum Gasteiger partial charge on any atom is 0.244 e. The summed E-state index contributed by atoms with van der Waals surface area (Å²) in [6.45, 7) is 5.22. The highest BCUT2D eigenvalue weighted by Gasteiger charge is 1.95. The molecule has 0 aromatic heterocycles. The van der Waals surface area contributed by atoms with Gasteiger partial charge in [0.05, 0.1) is 0 Å². The molecule has 0 fully saturated rings. The fourth-order valence-corrected chi connectivity index (χ4v) is 0.766. The van der Waals surface area contributed by atoms with Crippen molar-refractivity contribution >= 4 is 11.8 Å². The molecule has 0 aliphatic heterocycles. The van der Waals surface area contributed by atoms with Gasteiger partial charge in [0, 0.05) is 25.2 Å². The summed E-state index contributed by atoms with van der Waals surface area (Å²) < 4.78 is 0. The average molecular weight is 198 g/mol. The van der Waals surface area contributed by atoms with Crippen LogP contribution in [0.2, 0.25) is 0 Å². The molecule has 0 aliphatic carbocycles. The molecule has 0 heterocycles. The summed E-state index contributed by atoms with van der Waals surface area (Å²) in [5.74, 6) is -0.447. The maximum absolute atomic E-state index is 11.0. The Balaban J connectivity index is 3.68. The molecule has 0 aliphatic rings. The second-order valence-electron chi connectivity index (χ2n) is 2.92. The Kier molecular flexibility index (Phi) is 7.50. The molecule has 0 aromatic carbocycles. The second kappa shape index (κ2) is 8.29. The van der Waals surface area contributed by atoms with Crippen LogP contribution in [0.1, 0.15) is 26.7 Å². The number of hydrogen-bond acceptors (Lipinski definition) is 2. The van der Waals surface area contributed by atoms with Gasteiger partial charge in [-0.2, -0.15) is 0 Å². The maximum atomic E-state index is 11.0. The van der Waals surface area contributed by atoms with Crippen LogP contribution in [0.25, 0.3) is 0 Å². The van der Waals surface area contributed by atoms with E-state index < -0.39 is 0 Å². The molecule has 4 heteroatoms. The van der Waals surface area contributed by atoms with E-state index in [0.717, 1.165) is 12.8 Å². The Morgan fingerprint density at radius 1 is 0.929 bits per heavy atom. The molecular weight excluding hydrogens is 180 g/mol. The highest BCUT2D eigenvalue weighted by Crippen LogP contribution is 1.78. The predicted molar refractivity (Wildman–Crippen MR) is 55.7 cm³/mol. The summed E-state index contributed by atoms with van der Waals surface area (Å²) in [6, 6.07) is 0. The summed E-state index contributed by atoms with van der Waals surface area (Å²) in [5, 5.41) is 5.28. The van der Waals surface area contributed by atoms with Gasteiger partial charge in [0.15, 0.2) is 0 Å². The first-order chi connectivity index (χ1) is 6.70. The van der Waals surface area contributed by atoms with Gasteiger partial charge in [-0.25, -0.2) is 0 Å². The molecule has 0 spiro atoms. The van der Waals surface area contributed by atoms with E-state index in [9.17, 15) is 9.59 Å². The van der Waals surface area contributed by atoms with E-state index in [-0.39, 0.29) is 11.8 Å². The third-order valence-corrected chi connectivity index (χ3v) is 1.48. The van der Waals surface area contributed by atoms with Crippen LogP contribution in [0, 0.1) is 0 Å². The van der Waals surface area contributed by atoms with Crippen LogP contribution in [0.3, 0.4) is 0 Å². The minimum atomic E-state index is -0.224. The van der Waals surface area contributed by atoms with E-state index >= 15 is 0 Å². The van der Waals surface area contributed by atoms with Crippen molar-refractivity contribution in [2.75, 3.05) is 13.1 Å².